The molecule has 1 aromatic heterocycles. The summed E-state index contributed by atoms with van der Waals surface area (Å²) in [6, 6.07) is 8.82. The Kier molecular flexibility index (Phi) is 4.15. The first kappa shape index (κ1) is 13.8. The maximum absolute atomic E-state index is 11.4. The average Bonchev–Trinajstić information content (AvgIpc) is 2.45. The monoisotopic (exact) mass is 268 g/mol. The number of carboxylic acids is 1. The molecule has 1 N–H and O–H groups in total. The molecule has 4 heteroatoms. The molecule has 1 heterocycles. The quantitative estimate of drug-likeness (QED) is 0.818. The first-order valence-electron chi connectivity index (χ1n) is 6.27. The maximum atomic E-state index is 11.4. The van der Waals surface area contributed by atoms with Gasteiger partial charge in [0.2, 0.25) is 0 Å². The minimum absolute atomic E-state index is 0.253. The molecular formula is C16H16N2O2. The van der Waals surface area contributed by atoms with Gasteiger partial charge in [-0.05, 0) is 12.1 Å². The Balaban J connectivity index is 2.61. The van der Waals surface area contributed by atoms with E-state index in [1.54, 1.807) is 30.4 Å². The fourth-order valence-electron chi connectivity index (χ4n) is 2.07. The molecule has 0 aliphatic heterocycles. The average molecular weight is 268 g/mol. The number of fused-ring (bicyclic) bond motifs is 1. The summed E-state index contributed by atoms with van der Waals surface area (Å²) in [5.41, 5.74) is 0.921. The van der Waals surface area contributed by atoms with Crippen molar-refractivity contribution in [2.45, 2.75) is 0 Å². The molecule has 0 aliphatic carbocycles. The van der Waals surface area contributed by atoms with Gasteiger partial charge in [-0.3, -0.25) is 0 Å². The molecule has 2 aromatic rings. The summed E-state index contributed by atoms with van der Waals surface area (Å²) in [6.07, 6.45) is 3.50. The van der Waals surface area contributed by atoms with Crippen molar-refractivity contribution in [3.8, 4) is 0 Å². The van der Waals surface area contributed by atoms with Crippen molar-refractivity contribution in [3.63, 3.8) is 0 Å². The maximum Gasteiger partial charge on any atom is 0.336 e. The van der Waals surface area contributed by atoms with Crippen molar-refractivity contribution in [3.05, 3.63) is 61.2 Å². The number of benzene rings is 1. The number of anilines is 1. The van der Waals surface area contributed by atoms with Gasteiger partial charge in [-0.25, -0.2) is 9.78 Å². The number of nitrogens with zero attached hydrogens (tertiary/aromatic N) is 2. The summed E-state index contributed by atoms with van der Waals surface area (Å²) in [5.74, 6) is -0.345. The lowest BCUT2D eigenvalue weighted by Gasteiger charge is -2.21. The Morgan fingerprint density at radius 1 is 1.25 bits per heavy atom. The van der Waals surface area contributed by atoms with Crippen LogP contribution in [-0.4, -0.2) is 29.1 Å². The Morgan fingerprint density at radius 2 is 1.90 bits per heavy atom. The third kappa shape index (κ3) is 2.69. The second kappa shape index (κ2) is 6.02. The predicted molar refractivity (Wildman–Crippen MR) is 81.3 cm³/mol. The van der Waals surface area contributed by atoms with E-state index < -0.39 is 5.97 Å². The summed E-state index contributed by atoms with van der Waals surface area (Å²) in [7, 11) is 0. The Morgan fingerprint density at radius 3 is 2.50 bits per heavy atom. The summed E-state index contributed by atoms with van der Waals surface area (Å²) in [4.78, 5) is 17.9. The normalized spacial score (nSPS) is 10.2. The van der Waals surface area contributed by atoms with Gasteiger partial charge in [0.05, 0.1) is 11.1 Å². The number of aromatic nitrogens is 1. The molecule has 0 saturated heterocycles. The SMILES string of the molecule is C=CCN(CC=C)c1cc(C(=O)O)c2ccccc2n1. The van der Waals surface area contributed by atoms with Gasteiger partial charge in [0, 0.05) is 18.5 Å². The van der Waals surface area contributed by atoms with Crippen LogP contribution in [0.3, 0.4) is 0 Å². The highest BCUT2D eigenvalue weighted by molar-refractivity contribution is 6.03. The van der Waals surface area contributed by atoms with Gasteiger partial charge in [-0.15, -0.1) is 13.2 Å². The molecule has 102 valence electrons. The minimum Gasteiger partial charge on any atom is -0.478 e. The molecule has 0 radical (unpaired) electrons. The van der Waals surface area contributed by atoms with Crippen molar-refractivity contribution in [2.75, 3.05) is 18.0 Å². The van der Waals surface area contributed by atoms with Crippen molar-refractivity contribution in [1.29, 1.82) is 0 Å². The number of pyridine rings is 1. The van der Waals surface area contributed by atoms with Gasteiger partial charge in [-0.2, -0.15) is 0 Å². The highest BCUT2D eigenvalue weighted by Crippen LogP contribution is 2.23. The summed E-state index contributed by atoms with van der Waals surface area (Å²) in [5, 5.41) is 10.0. The van der Waals surface area contributed by atoms with Gasteiger partial charge in [-0.1, -0.05) is 30.4 Å². The third-order valence-electron chi connectivity index (χ3n) is 2.96. The standard InChI is InChI=1S/C16H16N2O2/c1-3-9-18(10-4-2)15-11-13(16(19)20)12-7-5-6-8-14(12)17-15/h3-8,11H,1-2,9-10H2,(H,19,20). The minimum atomic E-state index is -0.956. The summed E-state index contributed by atoms with van der Waals surface area (Å²) < 4.78 is 0. The zero-order valence-electron chi connectivity index (χ0n) is 11.1. The molecule has 4 nitrogen and oxygen atoms in total. The van der Waals surface area contributed by atoms with Crippen LogP contribution in [0.15, 0.2) is 55.6 Å². The van der Waals surface area contributed by atoms with Crippen LogP contribution in [0.25, 0.3) is 10.9 Å². The van der Waals surface area contributed by atoms with Crippen LogP contribution in [0.5, 0.6) is 0 Å². The van der Waals surface area contributed by atoms with Crippen LogP contribution in [0.2, 0.25) is 0 Å². The molecule has 0 aliphatic rings. The molecule has 0 atom stereocenters. The van der Waals surface area contributed by atoms with Crippen molar-refractivity contribution in [1.82, 2.24) is 4.98 Å². The first-order chi connectivity index (χ1) is 9.67. The van der Waals surface area contributed by atoms with Crippen LogP contribution in [-0.2, 0) is 0 Å². The Labute approximate surface area is 117 Å². The number of hydrogen-bond acceptors (Lipinski definition) is 3. The topological polar surface area (TPSA) is 53.4 Å². The number of carbonyl (C=O) groups is 1. The van der Waals surface area contributed by atoms with E-state index in [1.807, 2.05) is 17.0 Å². The lowest BCUT2D eigenvalue weighted by atomic mass is 10.1. The molecule has 20 heavy (non-hydrogen) atoms. The van der Waals surface area contributed by atoms with Gasteiger partial charge in [0.15, 0.2) is 0 Å². The van der Waals surface area contributed by atoms with Crippen LogP contribution < -0.4 is 4.90 Å². The van der Waals surface area contributed by atoms with Crippen molar-refractivity contribution < 1.29 is 9.90 Å². The molecule has 0 fully saturated rings. The molecule has 0 amide bonds. The van der Waals surface area contributed by atoms with Gasteiger partial charge >= 0.3 is 5.97 Å². The van der Waals surface area contributed by atoms with E-state index in [-0.39, 0.29) is 5.56 Å². The Hall–Kier alpha value is -2.62. The largest absolute Gasteiger partial charge is 0.478 e. The van der Waals surface area contributed by atoms with E-state index >= 15 is 0 Å². The van der Waals surface area contributed by atoms with Gasteiger partial charge in [0.1, 0.15) is 5.82 Å². The second-order valence-corrected chi connectivity index (χ2v) is 4.33. The van der Waals surface area contributed by atoms with E-state index in [9.17, 15) is 9.90 Å². The first-order valence-corrected chi connectivity index (χ1v) is 6.27. The van der Waals surface area contributed by atoms with E-state index in [0.717, 1.165) is 0 Å². The number of aromatic carboxylic acids is 1. The molecule has 0 saturated carbocycles. The van der Waals surface area contributed by atoms with E-state index in [4.69, 9.17) is 0 Å². The van der Waals surface area contributed by atoms with Crippen molar-refractivity contribution in [2.24, 2.45) is 0 Å². The molecule has 0 unspecified atom stereocenters. The second-order valence-electron chi connectivity index (χ2n) is 4.33. The molecule has 0 bridgehead atoms. The highest BCUT2D eigenvalue weighted by atomic mass is 16.4. The lowest BCUT2D eigenvalue weighted by molar-refractivity contribution is 0.0699. The van der Waals surface area contributed by atoms with Crippen LogP contribution in [0.1, 0.15) is 10.4 Å². The smallest absolute Gasteiger partial charge is 0.336 e. The number of para-hydroxylation sites is 1. The zero-order chi connectivity index (χ0) is 14.5. The fraction of sp³-hybridized carbons (Fsp3) is 0.125. The van der Waals surface area contributed by atoms with E-state index in [0.29, 0.717) is 29.8 Å². The summed E-state index contributed by atoms with van der Waals surface area (Å²) >= 11 is 0. The van der Waals surface area contributed by atoms with Gasteiger partial charge < -0.3 is 10.0 Å². The molecule has 0 spiro atoms. The van der Waals surface area contributed by atoms with E-state index in [2.05, 4.69) is 18.1 Å². The Bertz CT molecular complexity index is 655. The van der Waals surface area contributed by atoms with Crippen LogP contribution in [0.4, 0.5) is 5.82 Å². The molecular weight excluding hydrogens is 252 g/mol. The summed E-state index contributed by atoms with van der Waals surface area (Å²) in [6.45, 7) is 8.58. The number of hydrogen-bond donors (Lipinski definition) is 1. The zero-order valence-corrected chi connectivity index (χ0v) is 11.1. The highest BCUT2D eigenvalue weighted by Gasteiger charge is 2.14. The number of carboxylic acid groups (broad SMARTS) is 1. The molecule has 2 rings (SSSR count). The lowest BCUT2D eigenvalue weighted by Crippen LogP contribution is -2.24. The van der Waals surface area contributed by atoms with E-state index in [1.165, 1.54) is 0 Å². The predicted octanol–water partition coefficient (Wildman–Crippen LogP) is 3.11. The van der Waals surface area contributed by atoms with Crippen molar-refractivity contribution >= 4 is 22.7 Å². The number of rotatable bonds is 6. The fourth-order valence-corrected chi connectivity index (χ4v) is 2.07. The molecule has 1 aromatic carbocycles. The van der Waals surface area contributed by atoms with Crippen LogP contribution in [0, 0.1) is 0 Å². The third-order valence-corrected chi connectivity index (χ3v) is 2.96. The van der Waals surface area contributed by atoms with Crippen LogP contribution >= 0.6 is 0 Å². The van der Waals surface area contributed by atoms with Gasteiger partial charge in [0.25, 0.3) is 0 Å².